The summed E-state index contributed by atoms with van der Waals surface area (Å²) < 4.78 is 4.68. The van der Waals surface area contributed by atoms with Crippen molar-refractivity contribution in [1.82, 2.24) is 19.1 Å². The Morgan fingerprint density at radius 2 is 1.25 bits per heavy atom. The molecule has 0 aliphatic heterocycles. The van der Waals surface area contributed by atoms with Gasteiger partial charge in [0.1, 0.15) is 11.6 Å². The van der Waals surface area contributed by atoms with E-state index in [4.69, 9.17) is 9.97 Å². The van der Waals surface area contributed by atoms with E-state index in [1.54, 1.807) is 0 Å². The Labute approximate surface area is 240 Å². The van der Waals surface area contributed by atoms with Crippen LogP contribution >= 0.6 is 0 Å². The molecule has 0 atom stereocenters. The van der Waals surface area contributed by atoms with E-state index in [0.29, 0.717) is 0 Å². The van der Waals surface area contributed by atoms with Gasteiger partial charge in [-0.05, 0) is 80.5 Å². The largest absolute Gasteiger partial charge is 0.306 e. The standard InChI is InChI=1S/C36H44N4/c1-23(2)39-32(29-20-24(3)19-25(4)21-29)37-31-33(39)40(34(38-31)36(8,9)10)30-17-15-28(16-18-30)27-13-11-26(12-14-27)22-35(5,6)7/h11-21,23H,22H2,1-10H3. The van der Waals surface area contributed by atoms with Crippen LogP contribution in [0.1, 0.15) is 83.9 Å². The first-order valence-electron chi connectivity index (χ1n) is 14.5. The van der Waals surface area contributed by atoms with Crippen molar-refractivity contribution < 1.29 is 0 Å². The number of rotatable bonds is 5. The average Bonchev–Trinajstić information content (AvgIpc) is 3.40. The minimum Gasteiger partial charge on any atom is -0.306 e. The summed E-state index contributed by atoms with van der Waals surface area (Å²) in [5, 5.41) is 0. The highest BCUT2D eigenvalue weighted by Crippen LogP contribution is 2.36. The lowest BCUT2D eigenvalue weighted by Crippen LogP contribution is -2.19. The molecule has 0 saturated heterocycles. The summed E-state index contributed by atoms with van der Waals surface area (Å²) in [6.45, 7) is 22.3. The molecule has 4 heteroatoms. The van der Waals surface area contributed by atoms with Gasteiger partial charge in [0.25, 0.3) is 0 Å². The van der Waals surface area contributed by atoms with Crippen molar-refractivity contribution in [3.05, 3.63) is 89.2 Å². The Hall–Kier alpha value is -3.66. The van der Waals surface area contributed by atoms with Gasteiger partial charge in [0.2, 0.25) is 0 Å². The molecule has 0 saturated carbocycles. The van der Waals surface area contributed by atoms with E-state index in [9.17, 15) is 0 Å². The smallest absolute Gasteiger partial charge is 0.198 e. The molecule has 0 fully saturated rings. The van der Waals surface area contributed by atoms with E-state index in [2.05, 4.69) is 145 Å². The fourth-order valence-electron chi connectivity index (χ4n) is 5.72. The van der Waals surface area contributed by atoms with Crippen LogP contribution in [-0.2, 0) is 11.8 Å². The summed E-state index contributed by atoms with van der Waals surface area (Å²) in [6, 6.07) is 24.8. The number of benzene rings is 3. The first-order chi connectivity index (χ1) is 18.7. The van der Waals surface area contributed by atoms with Crippen LogP contribution in [0.25, 0.3) is 39.5 Å². The Bertz CT molecular complexity index is 1630. The Morgan fingerprint density at radius 3 is 1.75 bits per heavy atom. The molecule has 40 heavy (non-hydrogen) atoms. The van der Waals surface area contributed by atoms with Gasteiger partial charge in [-0.25, -0.2) is 9.97 Å². The van der Waals surface area contributed by atoms with Crippen LogP contribution in [-0.4, -0.2) is 19.1 Å². The SMILES string of the molecule is Cc1cc(C)cc(-c2nc3nc(C(C)(C)C)n(-c4ccc(-c5ccc(CC(C)(C)C)cc5)cc4)c3n2C(C)C)c1. The van der Waals surface area contributed by atoms with Gasteiger partial charge in [-0.3, -0.25) is 4.57 Å². The molecule has 0 unspecified atom stereocenters. The maximum absolute atomic E-state index is 5.14. The molecule has 0 aliphatic rings. The van der Waals surface area contributed by atoms with Crippen molar-refractivity contribution in [2.45, 2.75) is 87.1 Å². The Balaban J connectivity index is 1.63. The fourth-order valence-corrected chi connectivity index (χ4v) is 5.72. The summed E-state index contributed by atoms with van der Waals surface area (Å²) in [7, 11) is 0. The lowest BCUT2D eigenvalue weighted by Gasteiger charge is -2.22. The fraction of sp³-hybridized carbons (Fsp3) is 0.389. The highest BCUT2D eigenvalue weighted by Gasteiger charge is 2.29. The molecule has 4 nitrogen and oxygen atoms in total. The van der Waals surface area contributed by atoms with Crippen molar-refractivity contribution in [1.29, 1.82) is 0 Å². The van der Waals surface area contributed by atoms with Gasteiger partial charge in [-0.15, -0.1) is 0 Å². The summed E-state index contributed by atoms with van der Waals surface area (Å²) in [6.07, 6.45) is 1.08. The zero-order chi connectivity index (χ0) is 29.0. The molecule has 0 radical (unpaired) electrons. The molecule has 2 heterocycles. The molecule has 0 spiro atoms. The maximum Gasteiger partial charge on any atom is 0.198 e. The number of fused-ring (bicyclic) bond motifs is 1. The highest BCUT2D eigenvalue weighted by molar-refractivity contribution is 5.79. The van der Waals surface area contributed by atoms with Crippen LogP contribution in [0.5, 0.6) is 0 Å². The third-order valence-corrected chi connectivity index (χ3v) is 7.32. The first-order valence-corrected chi connectivity index (χ1v) is 14.5. The zero-order valence-electron chi connectivity index (χ0n) is 25.9. The van der Waals surface area contributed by atoms with Crippen LogP contribution in [0.3, 0.4) is 0 Å². The summed E-state index contributed by atoms with van der Waals surface area (Å²) >= 11 is 0. The van der Waals surface area contributed by atoms with E-state index in [1.165, 1.54) is 27.8 Å². The number of hydrogen-bond donors (Lipinski definition) is 0. The predicted molar refractivity (Wildman–Crippen MR) is 169 cm³/mol. The lowest BCUT2D eigenvalue weighted by molar-refractivity contribution is 0.411. The van der Waals surface area contributed by atoms with Crippen LogP contribution in [0.2, 0.25) is 0 Å². The highest BCUT2D eigenvalue weighted by atomic mass is 15.3. The van der Waals surface area contributed by atoms with E-state index < -0.39 is 0 Å². The molecule has 5 aromatic rings. The third kappa shape index (κ3) is 5.50. The summed E-state index contributed by atoms with van der Waals surface area (Å²) in [5.41, 5.74) is 10.5. The van der Waals surface area contributed by atoms with E-state index in [0.717, 1.165) is 40.6 Å². The van der Waals surface area contributed by atoms with E-state index >= 15 is 0 Å². The molecule has 208 valence electrons. The zero-order valence-corrected chi connectivity index (χ0v) is 25.9. The molecule has 5 rings (SSSR count). The Kier molecular flexibility index (Phi) is 7.02. The third-order valence-electron chi connectivity index (χ3n) is 7.32. The average molecular weight is 533 g/mol. The van der Waals surface area contributed by atoms with E-state index in [1.807, 2.05) is 0 Å². The molecular formula is C36H44N4. The van der Waals surface area contributed by atoms with Crippen molar-refractivity contribution in [3.63, 3.8) is 0 Å². The van der Waals surface area contributed by atoms with Gasteiger partial charge in [-0.1, -0.05) is 95.1 Å². The monoisotopic (exact) mass is 532 g/mol. The normalized spacial score (nSPS) is 12.6. The number of hydrogen-bond acceptors (Lipinski definition) is 2. The summed E-state index contributed by atoms with van der Waals surface area (Å²) in [4.78, 5) is 10.3. The first kappa shape index (κ1) is 27.9. The number of imidazole rings is 2. The molecule has 2 aromatic heterocycles. The molecule has 0 amide bonds. The van der Waals surface area contributed by atoms with E-state index in [-0.39, 0.29) is 16.9 Å². The van der Waals surface area contributed by atoms with Gasteiger partial charge in [0, 0.05) is 22.7 Å². The number of aryl methyl sites for hydroxylation is 2. The molecular weight excluding hydrogens is 488 g/mol. The molecule has 0 aliphatic carbocycles. The van der Waals surface area contributed by atoms with Gasteiger partial charge in [-0.2, -0.15) is 0 Å². The van der Waals surface area contributed by atoms with Crippen molar-refractivity contribution in [3.8, 4) is 28.2 Å². The minimum atomic E-state index is -0.149. The predicted octanol–water partition coefficient (Wildman–Crippen LogP) is 9.64. The topological polar surface area (TPSA) is 35.6 Å². The second-order valence-electron chi connectivity index (χ2n) is 13.9. The number of aromatic nitrogens is 4. The Morgan fingerprint density at radius 1 is 0.700 bits per heavy atom. The van der Waals surface area contributed by atoms with Crippen LogP contribution in [0.15, 0.2) is 66.7 Å². The number of nitrogens with zero attached hydrogens (tertiary/aromatic N) is 4. The van der Waals surface area contributed by atoms with Gasteiger partial charge >= 0.3 is 0 Å². The molecule has 0 N–H and O–H groups in total. The molecule has 3 aromatic carbocycles. The second-order valence-corrected chi connectivity index (χ2v) is 13.9. The maximum atomic E-state index is 5.14. The van der Waals surface area contributed by atoms with Gasteiger partial charge in [0.05, 0.1) is 0 Å². The van der Waals surface area contributed by atoms with Crippen molar-refractivity contribution in [2.75, 3.05) is 0 Å². The van der Waals surface area contributed by atoms with Crippen LogP contribution < -0.4 is 0 Å². The van der Waals surface area contributed by atoms with Crippen molar-refractivity contribution in [2.24, 2.45) is 5.41 Å². The second kappa shape index (κ2) is 10.1. The van der Waals surface area contributed by atoms with Crippen LogP contribution in [0, 0.1) is 19.3 Å². The van der Waals surface area contributed by atoms with Gasteiger partial charge in [0.15, 0.2) is 11.3 Å². The lowest BCUT2D eigenvalue weighted by atomic mass is 9.87. The van der Waals surface area contributed by atoms with Crippen LogP contribution in [0.4, 0.5) is 0 Å². The minimum absolute atomic E-state index is 0.149. The quantitative estimate of drug-likeness (QED) is 0.226. The van der Waals surface area contributed by atoms with Gasteiger partial charge < -0.3 is 4.57 Å². The summed E-state index contributed by atoms with van der Waals surface area (Å²) in [5.74, 6) is 1.99. The molecule has 0 bridgehead atoms. The van der Waals surface area contributed by atoms with Crippen molar-refractivity contribution >= 4 is 11.3 Å².